The van der Waals surface area contributed by atoms with Gasteiger partial charge < -0.3 is 9.47 Å². The molecule has 27 heavy (non-hydrogen) atoms. The molecule has 1 aromatic rings. The number of hydrazine groups is 1. The molecule has 0 spiro atoms. The number of allylic oxidation sites excluding steroid dienone is 2. The number of carbonyl (C=O) groups excluding carboxylic acids is 3. The first-order chi connectivity index (χ1) is 13.1. The lowest BCUT2D eigenvalue weighted by Gasteiger charge is -2.38. The van der Waals surface area contributed by atoms with Gasteiger partial charge in [-0.25, -0.2) is 9.80 Å². The van der Waals surface area contributed by atoms with Crippen LogP contribution in [0.2, 0.25) is 0 Å². The monoisotopic (exact) mass is 370 g/mol. The molecule has 0 aromatic heterocycles. The summed E-state index contributed by atoms with van der Waals surface area (Å²) in [6, 6.07) is 6.55. The average Bonchev–Trinajstić information content (AvgIpc) is 3.23. The summed E-state index contributed by atoms with van der Waals surface area (Å²) in [5.41, 5.74) is 3.45. The van der Waals surface area contributed by atoms with Crippen LogP contribution in [0.1, 0.15) is 36.0 Å². The van der Waals surface area contributed by atoms with Crippen molar-refractivity contribution in [3.63, 3.8) is 0 Å². The van der Waals surface area contributed by atoms with Gasteiger partial charge in [-0.3, -0.25) is 15.0 Å². The number of fused-ring (bicyclic) bond motifs is 1. The number of benzene rings is 1. The van der Waals surface area contributed by atoms with E-state index in [9.17, 15) is 14.4 Å². The largest absolute Gasteiger partial charge is 0.459 e. The molecule has 7 heteroatoms. The van der Waals surface area contributed by atoms with E-state index in [4.69, 9.17) is 9.47 Å². The van der Waals surface area contributed by atoms with Crippen LogP contribution in [0.15, 0.2) is 36.4 Å². The topological polar surface area (TPSA) is 84.9 Å². The summed E-state index contributed by atoms with van der Waals surface area (Å²) in [4.78, 5) is 37.5. The van der Waals surface area contributed by atoms with Gasteiger partial charge in [-0.2, -0.15) is 0 Å². The third-order valence-electron chi connectivity index (χ3n) is 5.29. The molecular weight excluding hydrogens is 348 g/mol. The molecule has 0 bridgehead atoms. The van der Waals surface area contributed by atoms with E-state index in [0.29, 0.717) is 30.7 Å². The predicted molar refractivity (Wildman–Crippen MR) is 96.7 cm³/mol. The van der Waals surface area contributed by atoms with E-state index in [2.05, 4.69) is 5.43 Å². The highest BCUT2D eigenvalue weighted by Gasteiger charge is 2.42. The summed E-state index contributed by atoms with van der Waals surface area (Å²) in [7, 11) is 0. The SMILES string of the molecule is O=C(OC[C@@H]1CCCO1)c1cccc(N2NC(=O)[C@@H]3CC=CC[C@H]3C2=O)c1. The van der Waals surface area contributed by atoms with E-state index >= 15 is 0 Å². The maximum absolute atomic E-state index is 12.8. The van der Waals surface area contributed by atoms with Gasteiger partial charge in [-0.15, -0.1) is 0 Å². The van der Waals surface area contributed by atoms with Gasteiger partial charge in [0.1, 0.15) is 6.61 Å². The van der Waals surface area contributed by atoms with Gasteiger partial charge in [0, 0.05) is 6.61 Å². The minimum Gasteiger partial charge on any atom is -0.459 e. The van der Waals surface area contributed by atoms with Crippen LogP contribution < -0.4 is 10.4 Å². The van der Waals surface area contributed by atoms with Crippen molar-refractivity contribution in [1.29, 1.82) is 0 Å². The van der Waals surface area contributed by atoms with E-state index in [1.54, 1.807) is 24.3 Å². The minimum atomic E-state index is -0.471. The molecule has 2 aliphatic heterocycles. The van der Waals surface area contributed by atoms with Crippen molar-refractivity contribution in [3.05, 3.63) is 42.0 Å². The van der Waals surface area contributed by atoms with Crippen LogP contribution in [0.4, 0.5) is 5.69 Å². The quantitative estimate of drug-likeness (QED) is 0.647. The lowest BCUT2D eigenvalue weighted by Crippen LogP contribution is -2.59. The molecule has 2 saturated heterocycles. The van der Waals surface area contributed by atoms with Crippen LogP contribution in [-0.2, 0) is 19.1 Å². The Labute approximate surface area is 157 Å². The highest BCUT2D eigenvalue weighted by Crippen LogP contribution is 2.32. The fourth-order valence-electron chi connectivity index (χ4n) is 3.78. The zero-order valence-electron chi connectivity index (χ0n) is 14.9. The maximum Gasteiger partial charge on any atom is 0.338 e. The van der Waals surface area contributed by atoms with Gasteiger partial charge in [-0.05, 0) is 43.9 Å². The van der Waals surface area contributed by atoms with Crippen molar-refractivity contribution in [1.82, 2.24) is 5.43 Å². The van der Waals surface area contributed by atoms with Crippen LogP contribution in [0.5, 0.6) is 0 Å². The van der Waals surface area contributed by atoms with Gasteiger partial charge in [0.15, 0.2) is 0 Å². The van der Waals surface area contributed by atoms with Crippen molar-refractivity contribution in [2.24, 2.45) is 11.8 Å². The fraction of sp³-hybridized carbons (Fsp3) is 0.450. The van der Waals surface area contributed by atoms with E-state index < -0.39 is 5.97 Å². The Morgan fingerprint density at radius 1 is 1.22 bits per heavy atom. The second-order valence-electron chi connectivity index (χ2n) is 7.09. The number of nitrogens with one attached hydrogen (secondary N) is 1. The molecule has 3 aliphatic rings. The number of rotatable bonds is 4. The zero-order chi connectivity index (χ0) is 18.8. The van der Waals surface area contributed by atoms with E-state index in [-0.39, 0.29) is 36.4 Å². The second-order valence-corrected chi connectivity index (χ2v) is 7.09. The van der Waals surface area contributed by atoms with Crippen molar-refractivity contribution in [2.45, 2.75) is 31.8 Å². The Hall–Kier alpha value is -2.67. The van der Waals surface area contributed by atoms with Crippen LogP contribution >= 0.6 is 0 Å². The van der Waals surface area contributed by atoms with Crippen LogP contribution in [0, 0.1) is 11.8 Å². The van der Waals surface area contributed by atoms with Crippen molar-refractivity contribution < 1.29 is 23.9 Å². The molecule has 7 nitrogen and oxygen atoms in total. The summed E-state index contributed by atoms with van der Waals surface area (Å²) in [5, 5.41) is 1.25. The Morgan fingerprint density at radius 3 is 2.81 bits per heavy atom. The third kappa shape index (κ3) is 3.60. The number of carbonyl (C=O) groups is 3. The van der Waals surface area contributed by atoms with Crippen molar-refractivity contribution in [2.75, 3.05) is 18.2 Å². The highest BCUT2D eigenvalue weighted by atomic mass is 16.6. The smallest absolute Gasteiger partial charge is 0.338 e. The number of hydrogen-bond acceptors (Lipinski definition) is 5. The zero-order valence-corrected chi connectivity index (χ0v) is 14.9. The number of esters is 1. The molecular formula is C20H22N2O5. The Balaban J connectivity index is 1.48. The average molecular weight is 370 g/mol. The standard InChI is InChI=1S/C20H22N2O5/c23-18-16-8-1-2-9-17(16)19(24)22(21-18)14-6-3-5-13(11-14)20(25)27-12-15-7-4-10-26-15/h1-3,5-6,11,15-17H,4,7-10,12H2,(H,21,23)/t15-,16+,17+/m0/s1. The van der Waals surface area contributed by atoms with Crippen LogP contribution in [0.3, 0.4) is 0 Å². The molecule has 4 rings (SSSR count). The fourth-order valence-corrected chi connectivity index (χ4v) is 3.78. The lowest BCUT2D eigenvalue weighted by molar-refractivity contribution is -0.139. The van der Waals surface area contributed by atoms with Gasteiger partial charge in [0.2, 0.25) is 11.8 Å². The van der Waals surface area contributed by atoms with E-state index in [1.807, 2.05) is 12.2 Å². The molecule has 142 valence electrons. The van der Waals surface area contributed by atoms with Gasteiger partial charge >= 0.3 is 5.97 Å². The molecule has 3 atom stereocenters. The molecule has 1 aromatic carbocycles. The Kier molecular flexibility index (Phi) is 4.94. The van der Waals surface area contributed by atoms with Crippen molar-refractivity contribution >= 4 is 23.5 Å². The molecule has 1 N–H and O–H groups in total. The normalized spacial score (nSPS) is 27.3. The molecule has 0 unspecified atom stereocenters. The Bertz CT molecular complexity index is 784. The molecule has 2 amide bonds. The summed E-state index contributed by atoms with van der Waals surface area (Å²) in [5.74, 6) is -1.48. The summed E-state index contributed by atoms with van der Waals surface area (Å²) >= 11 is 0. The number of anilines is 1. The van der Waals surface area contributed by atoms with E-state index in [0.717, 1.165) is 12.8 Å². The predicted octanol–water partition coefficient (Wildman–Crippen LogP) is 1.98. The molecule has 1 aliphatic carbocycles. The Morgan fingerprint density at radius 2 is 2.04 bits per heavy atom. The summed E-state index contributed by atoms with van der Waals surface area (Å²) in [6.45, 7) is 0.921. The van der Waals surface area contributed by atoms with Crippen molar-refractivity contribution in [3.8, 4) is 0 Å². The first-order valence-corrected chi connectivity index (χ1v) is 9.32. The van der Waals surface area contributed by atoms with Crippen LogP contribution in [-0.4, -0.2) is 37.1 Å². The highest BCUT2D eigenvalue weighted by molar-refractivity contribution is 6.04. The molecule has 2 fully saturated rings. The van der Waals surface area contributed by atoms with E-state index in [1.165, 1.54) is 5.01 Å². The number of amides is 2. The van der Waals surface area contributed by atoms with Gasteiger partial charge in [0.05, 0.1) is 29.2 Å². The third-order valence-corrected chi connectivity index (χ3v) is 5.29. The summed E-state index contributed by atoms with van der Waals surface area (Å²) < 4.78 is 10.8. The van der Waals surface area contributed by atoms with Gasteiger partial charge in [0.25, 0.3) is 0 Å². The molecule has 2 heterocycles. The molecule has 0 radical (unpaired) electrons. The number of hydrogen-bond donors (Lipinski definition) is 1. The first-order valence-electron chi connectivity index (χ1n) is 9.32. The number of ether oxygens (including phenoxy) is 2. The number of nitrogens with zero attached hydrogens (tertiary/aromatic N) is 1. The minimum absolute atomic E-state index is 0.0450. The van der Waals surface area contributed by atoms with Gasteiger partial charge in [-0.1, -0.05) is 18.2 Å². The first kappa shape index (κ1) is 17.7. The lowest BCUT2D eigenvalue weighted by atomic mass is 9.80. The van der Waals surface area contributed by atoms with Crippen LogP contribution in [0.25, 0.3) is 0 Å². The second kappa shape index (κ2) is 7.52. The molecule has 0 saturated carbocycles. The maximum atomic E-state index is 12.8. The summed E-state index contributed by atoms with van der Waals surface area (Å²) in [6.07, 6.45) is 6.83.